The van der Waals surface area contributed by atoms with E-state index in [4.69, 9.17) is 15.6 Å². The van der Waals surface area contributed by atoms with Crippen LogP contribution >= 0.6 is 0 Å². The summed E-state index contributed by atoms with van der Waals surface area (Å²) >= 11 is 0. The molecule has 0 spiro atoms. The van der Waals surface area contributed by atoms with Gasteiger partial charge < -0.3 is 20.9 Å². The SMILES string of the molecule is N[C@@H](CCCCCNC(=O)O[C@H]1CC/C=C/CCC1)C(=O)O. The monoisotopic (exact) mass is 312 g/mol. The molecule has 4 N–H and O–H groups in total. The van der Waals surface area contributed by atoms with Crippen LogP contribution in [0, 0.1) is 0 Å². The van der Waals surface area contributed by atoms with Gasteiger partial charge in [-0.05, 0) is 44.9 Å². The lowest BCUT2D eigenvalue weighted by Gasteiger charge is -2.18. The summed E-state index contributed by atoms with van der Waals surface area (Å²) in [7, 11) is 0. The molecule has 0 bridgehead atoms. The first-order valence-corrected chi connectivity index (χ1v) is 8.17. The Hall–Kier alpha value is -1.56. The Labute approximate surface area is 132 Å². The van der Waals surface area contributed by atoms with Crippen molar-refractivity contribution < 1.29 is 19.4 Å². The normalized spacial score (nSPS) is 21.2. The van der Waals surface area contributed by atoms with Gasteiger partial charge in [-0.2, -0.15) is 0 Å². The van der Waals surface area contributed by atoms with E-state index in [1.165, 1.54) is 0 Å². The zero-order valence-corrected chi connectivity index (χ0v) is 13.1. The number of hydrogen-bond donors (Lipinski definition) is 3. The topological polar surface area (TPSA) is 102 Å². The first kappa shape index (κ1) is 18.5. The summed E-state index contributed by atoms with van der Waals surface area (Å²) < 4.78 is 5.42. The van der Waals surface area contributed by atoms with Crippen molar-refractivity contribution in [3.05, 3.63) is 12.2 Å². The lowest BCUT2D eigenvalue weighted by atomic mass is 10.0. The minimum absolute atomic E-state index is 0.0125. The number of nitrogens with two attached hydrogens (primary N) is 1. The van der Waals surface area contributed by atoms with Crippen LogP contribution in [0.15, 0.2) is 12.2 Å². The minimum Gasteiger partial charge on any atom is -0.480 e. The predicted molar refractivity (Wildman–Crippen MR) is 84.6 cm³/mol. The van der Waals surface area contributed by atoms with Gasteiger partial charge in [-0.3, -0.25) is 4.79 Å². The molecule has 0 saturated heterocycles. The predicted octanol–water partition coefficient (Wildman–Crippen LogP) is 2.57. The van der Waals surface area contributed by atoms with Crippen LogP contribution in [-0.4, -0.2) is 35.9 Å². The maximum absolute atomic E-state index is 11.7. The lowest BCUT2D eigenvalue weighted by molar-refractivity contribution is -0.138. The fourth-order valence-corrected chi connectivity index (χ4v) is 2.42. The summed E-state index contributed by atoms with van der Waals surface area (Å²) in [5.74, 6) is -0.962. The van der Waals surface area contributed by atoms with Crippen LogP contribution in [-0.2, 0) is 9.53 Å². The van der Waals surface area contributed by atoms with Crippen LogP contribution in [0.3, 0.4) is 0 Å². The number of unbranched alkanes of at least 4 members (excludes halogenated alkanes) is 2. The highest BCUT2D eigenvalue weighted by atomic mass is 16.6. The molecule has 1 aliphatic rings. The third kappa shape index (κ3) is 8.67. The van der Waals surface area contributed by atoms with Crippen molar-refractivity contribution in [1.29, 1.82) is 0 Å². The van der Waals surface area contributed by atoms with Crippen molar-refractivity contribution in [2.45, 2.75) is 69.9 Å². The molecule has 1 amide bonds. The molecule has 0 aromatic heterocycles. The highest BCUT2D eigenvalue weighted by molar-refractivity contribution is 5.72. The van der Waals surface area contributed by atoms with Crippen LogP contribution in [0.1, 0.15) is 57.8 Å². The zero-order chi connectivity index (χ0) is 16.2. The molecule has 0 unspecified atom stereocenters. The molecule has 0 saturated carbocycles. The number of amides is 1. The molecule has 2 atom stereocenters. The Bertz CT molecular complexity index is 371. The summed E-state index contributed by atoms with van der Waals surface area (Å²) in [4.78, 5) is 22.2. The molecule has 0 aromatic rings. The van der Waals surface area contributed by atoms with Gasteiger partial charge in [0.15, 0.2) is 0 Å². The van der Waals surface area contributed by atoms with Gasteiger partial charge in [0, 0.05) is 6.54 Å². The van der Waals surface area contributed by atoms with Gasteiger partial charge in [-0.25, -0.2) is 4.79 Å². The molecule has 6 nitrogen and oxygen atoms in total. The molecular formula is C16H28N2O4. The van der Waals surface area contributed by atoms with Crippen molar-refractivity contribution >= 4 is 12.1 Å². The molecule has 6 heteroatoms. The number of nitrogens with one attached hydrogen (secondary N) is 1. The highest BCUT2D eigenvalue weighted by Gasteiger charge is 2.14. The van der Waals surface area contributed by atoms with E-state index in [1.54, 1.807) is 0 Å². The van der Waals surface area contributed by atoms with Crippen LogP contribution in [0.2, 0.25) is 0 Å². The summed E-state index contributed by atoms with van der Waals surface area (Å²) in [6, 6.07) is -0.786. The second kappa shape index (κ2) is 11.1. The van der Waals surface area contributed by atoms with Crippen molar-refractivity contribution in [2.75, 3.05) is 6.54 Å². The van der Waals surface area contributed by atoms with Crippen LogP contribution in [0.5, 0.6) is 0 Å². The smallest absolute Gasteiger partial charge is 0.407 e. The number of aliphatic carboxylic acids is 1. The van der Waals surface area contributed by atoms with Crippen molar-refractivity contribution in [2.24, 2.45) is 5.73 Å². The van der Waals surface area contributed by atoms with Crippen LogP contribution in [0.25, 0.3) is 0 Å². The van der Waals surface area contributed by atoms with E-state index < -0.39 is 12.0 Å². The van der Waals surface area contributed by atoms with E-state index in [-0.39, 0.29) is 12.2 Å². The van der Waals surface area contributed by atoms with Crippen LogP contribution in [0.4, 0.5) is 4.79 Å². The Balaban J connectivity index is 2.03. The average molecular weight is 312 g/mol. The fourth-order valence-electron chi connectivity index (χ4n) is 2.42. The number of ether oxygens (including phenoxy) is 1. The first-order valence-electron chi connectivity index (χ1n) is 8.17. The van der Waals surface area contributed by atoms with Gasteiger partial charge in [0.05, 0.1) is 0 Å². The summed E-state index contributed by atoms with van der Waals surface area (Å²) in [6.07, 6.45) is 11.7. The van der Waals surface area contributed by atoms with Crippen molar-refractivity contribution in [3.8, 4) is 0 Å². The molecule has 1 rings (SSSR count). The number of carboxylic acid groups (broad SMARTS) is 1. The van der Waals surface area contributed by atoms with Gasteiger partial charge in [0.2, 0.25) is 0 Å². The van der Waals surface area contributed by atoms with Gasteiger partial charge in [0.1, 0.15) is 12.1 Å². The molecule has 0 fully saturated rings. The first-order chi connectivity index (χ1) is 10.6. The molecule has 0 radical (unpaired) electrons. The quantitative estimate of drug-likeness (QED) is 0.472. The fraction of sp³-hybridized carbons (Fsp3) is 0.750. The Morgan fingerprint density at radius 1 is 1.23 bits per heavy atom. The standard InChI is InChI=1S/C16H28N2O4/c17-14(15(19)20)11-7-4-8-12-18-16(21)22-13-9-5-2-1-3-6-10-13/h1-2,13-14H,3-12,17H2,(H,18,21)(H,19,20)/b2-1+/t13-,14-/m0/s1. The molecular weight excluding hydrogens is 284 g/mol. The molecule has 0 aromatic carbocycles. The van der Waals surface area contributed by atoms with Gasteiger partial charge in [-0.15, -0.1) is 0 Å². The number of alkyl carbamates (subject to hydrolysis) is 1. The van der Waals surface area contributed by atoms with E-state index in [1.807, 2.05) is 0 Å². The van der Waals surface area contributed by atoms with Gasteiger partial charge >= 0.3 is 12.1 Å². The number of carboxylic acids is 1. The van der Waals surface area contributed by atoms with E-state index >= 15 is 0 Å². The highest BCUT2D eigenvalue weighted by Crippen LogP contribution is 2.15. The molecule has 1 aliphatic carbocycles. The maximum atomic E-state index is 11.7. The number of carbonyl (C=O) groups is 2. The Kier molecular flexibility index (Phi) is 9.30. The third-order valence-electron chi connectivity index (χ3n) is 3.77. The summed E-state index contributed by atoms with van der Waals surface area (Å²) in [5.41, 5.74) is 5.41. The Morgan fingerprint density at radius 2 is 2.00 bits per heavy atom. The molecule has 22 heavy (non-hydrogen) atoms. The second-order valence-corrected chi connectivity index (χ2v) is 5.73. The summed E-state index contributed by atoms with van der Waals surface area (Å²) in [5, 5.41) is 11.4. The van der Waals surface area contributed by atoms with Gasteiger partial charge in [-0.1, -0.05) is 25.0 Å². The van der Waals surface area contributed by atoms with Crippen molar-refractivity contribution in [1.82, 2.24) is 5.32 Å². The van der Waals surface area contributed by atoms with Gasteiger partial charge in [0.25, 0.3) is 0 Å². The van der Waals surface area contributed by atoms with E-state index in [9.17, 15) is 9.59 Å². The number of allylic oxidation sites excluding steroid dienone is 2. The average Bonchev–Trinajstić information content (AvgIpc) is 2.45. The third-order valence-corrected chi connectivity index (χ3v) is 3.77. The number of carbonyl (C=O) groups excluding carboxylic acids is 1. The zero-order valence-electron chi connectivity index (χ0n) is 13.1. The van der Waals surface area contributed by atoms with E-state index in [0.717, 1.165) is 51.4 Å². The molecule has 126 valence electrons. The van der Waals surface area contributed by atoms with Crippen molar-refractivity contribution in [3.63, 3.8) is 0 Å². The molecule has 0 aliphatic heterocycles. The second-order valence-electron chi connectivity index (χ2n) is 5.73. The summed E-state index contributed by atoms with van der Waals surface area (Å²) in [6.45, 7) is 0.549. The minimum atomic E-state index is -0.962. The Morgan fingerprint density at radius 3 is 2.77 bits per heavy atom. The number of hydrogen-bond acceptors (Lipinski definition) is 4. The van der Waals surface area contributed by atoms with Crippen LogP contribution < -0.4 is 11.1 Å². The van der Waals surface area contributed by atoms with E-state index in [0.29, 0.717) is 13.0 Å². The largest absolute Gasteiger partial charge is 0.480 e. The number of rotatable bonds is 8. The lowest BCUT2D eigenvalue weighted by Crippen LogP contribution is -2.30. The maximum Gasteiger partial charge on any atom is 0.407 e. The molecule has 0 heterocycles. The van der Waals surface area contributed by atoms with E-state index in [2.05, 4.69) is 17.5 Å².